The Morgan fingerprint density at radius 1 is 1.63 bits per heavy atom. The minimum Gasteiger partial charge on any atom is -0.468 e. The summed E-state index contributed by atoms with van der Waals surface area (Å²) >= 11 is 0. The van der Waals surface area contributed by atoms with Crippen LogP contribution in [-0.4, -0.2) is 36.8 Å². The molecule has 1 aliphatic rings. The zero-order chi connectivity index (χ0) is 13.7. The third-order valence-electron chi connectivity index (χ3n) is 3.41. The molecule has 1 aromatic rings. The SMILES string of the molecule is COC(=O)[C@H](N[C@@H](C)[C@H]1CCCO1)c1cccnc1. The van der Waals surface area contributed by atoms with Crippen LogP contribution in [0.5, 0.6) is 0 Å². The van der Waals surface area contributed by atoms with Crippen molar-refractivity contribution in [1.82, 2.24) is 10.3 Å². The highest BCUT2D eigenvalue weighted by Gasteiger charge is 2.28. The number of methoxy groups -OCH3 is 1. The molecule has 1 saturated heterocycles. The number of aromatic nitrogens is 1. The van der Waals surface area contributed by atoms with Crippen molar-refractivity contribution in [3.8, 4) is 0 Å². The van der Waals surface area contributed by atoms with E-state index in [4.69, 9.17) is 9.47 Å². The maximum absolute atomic E-state index is 11.9. The van der Waals surface area contributed by atoms with E-state index >= 15 is 0 Å². The molecule has 1 fully saturated rings. The van der Waals surface area contributed by atoms with Gasteiger partial charge in [-0.1, -0.05) is 6.07 Å². The van der Waals surface area contributed by atoms with Crippen LogP contribution >= 0.6 is 0 Å². The Morgan fingerprint density at radius 3 is 3.05 bits per heavy atom. The van der Waals surface area contributed by atoms with Gasteiger partial charge in [0.15, 0.2) is 0 Å². The van der Waals surface area contributed by atoms with Gasteiger partial charge in [-0.15, -0.1) is 0 Å². The van der Waals surface area contributed by atoms with Crippen LogP contribution in [-0.2, 0) is 14.3 Å². The molecule has 2 heterocycles. The van der Waals surface area contributed by atoms with Crippen molar-refractivity contribution in [1.29, 1.82) is 0 Å². The van der Waals surface area contributed by atoms with Gasteiger partial charge < -0.3 is 9.47 Å². The Hall–Kier alpha value is -1.46. The normalized spacial score (nSPS) is 21.9. The van der Waals surface area contributed by atoms with E-state index in [0.29, 0.717) is 0 Å². The van der Waals surface area contributed by atoms with Gasteiger partial charge in [-0.05, 0) is 31.4 Å². The van der Waals surface area contributed by atoms with Gasteiger partial charge in [-0.25, -0.2) is 4.79 Å². The molecule has 0 radical (unpaired) electrons. The number of carbonyl (C=O) groups is 1. The van der Waals surface area contributed by atoms with E-state index in [0.717, 1.165) is 25.0 Å². The maximum atomic E-state index is 11.9. The molecular formula is C14H20N2O3. The first-order valence-corrected chi connectivity index (χ1v) is 6.57. The quantitative estimate of drug-likeness (QED) is 0.816. The molecule has 1 N–H and O–H groups in total. The molecule has 0 aliphatic carbocycles. The number of rotatable bonds is 5. The van der Waals surface area contributed by atoms with Gasteiger partial charge in [0.25, 0.3) is 0 Å². The van der Waals surface area contributed by atoms with Gasteiger partial charge >= 0.3 is 5.97 Å². The number of ether oxygens (including phenoxy) is 2. The van der Waals surface area contributed by atoms with E-state index in [1.165, 1.54) is 7.11 Å². The lowest BCUT2D eigenvalue weighted by atomic mass is 10.1. The van der Waals surface area contributed by atoms with Gasteiger partial charge in [0.05, 0.1) is 13.2 Å². The van der Waals surface area contributed by atoms with Gasteiger partial charge in [-0.2, -0.15) is 0 Å². The molecule has 5 heteroatoms. The molecular weight excluding hydrogens is 244 g/mol. The summed E-state index contributed by atoms with van der Waals surface area (Å²) in [5.74, 6) is -0.308. The van der Waals surface area contributed by atoms with Crippen LogP contribution in [0.3, 0.4) is 0 Å². The minimum absolute atomic E-state index is 0.0896. The summed E-state index contributed by atoms with van der Waals surface area (Å²) in [4.78, 5) is 16.0. The first kappa shape index (κ1) is 14.0. The molecule has 0 bridgehead atoms. The van der Waals surface area contributed by atoms with Crippen LogP contribution in [0.2, 0.25) is 0 Å². The van der Waals surface area contributed by atoms with Crippen LogP contribution in [0.1, 0.15) is 31.4 Å². The Morgan fingerprint density at radius 2 is 2.47 bits per heavy atom. The number of carbonyl (C=O) groups excluding carboxylic acids is 1. The van der Waals surface area contributed by atoms with Gasteiger partial charge in [0, 0.05) is 25.0 Å². The summed E-state index contributed by atoms with van der Waals surface area (Å²) in [7, 11) is 1.39. The Kier molecular flexibility index (Phi) is 4.87. The van der Waals surface area contributed by atoms with Crippen LogP contribution in [0.4, 0.5) is 0 Å². The molecule has 2 rings (SSSR count). The third-order valence-corrected chi connectivity index (χ3v) is 3.41. The third kappa shape index (κ3) is 3.52. The highest BCUT2D eigenvalue weighted by atomic mass is 16.5. The predicted molar refractivity (Wildman–Crippen MR) is 70.6 cm³/mol. The fraction of sp³-hybridized carbons (Fsp3) is 0.571. The van der Waals surface area contributed by atoms with Crippen LogP contribution in [0.25, 0.3) is 0 Å². The van der Waals surface area contributed by atoms with E-state index in [9.17, 15) is 4.79 Å². The number of esters is 1. The van der Waals surface area contributed by atoms with Crippen molar-refractivity contribution < 1.29 is 14.3 Å². The lowest BCUT2D eigenvalue weighted by Crippen LogP contribution is -2.42. The van der Waals surface area contributed by atoms with Gasteiger partial charge in [0.1, 0.15) is 6.04 Å². The number of nitrogens with one attached hydrogen (secondary N) is 1. The number of hydrogen-bond donors (Lipinski definition) is 1. The van der Waals surface area contributed by atoms with Crippen molar-refractivity contribution in [2.24, 2.45) is 0 Å². The highest BCUT2D eigenvalue weighted by Crippen LogP contribution is 2.20. The molecule has 3 atom stereocenters. The summed E-state index contributed by atoms with van der Waals surface area (Å²) in [6.07, 6.45) is 5.61. The first-order valence-electron chi connectivity index (χ1n) is 6.57. The van der Waals surface area contributed by atoms with E-state index in [1.807, 2.05) is 19.1 Å². The van der Waals surface area contributed by atoms with Crippen molar-refractivity contribution >= 4 is 5.97 Å². The summed E-state index contributed by atoms with van der Waals surface area (Å²) < 4.78 is 10.5. The van der Waals surface area contributed by atoms with Gasteiger partial charge in [0.2, 0.25) is 0 Å². The van der Waals surface area contributed by atoms with Crippen molar-refractivity contribution in [3.05, 3.63) is 30.1 Å². The molecule has 0 amide bonds. The average Bonchev–Trinajstić information content (AvgIpc) is 2.99. The summed E-state index contributed by atoms with van der Waals surface area (Å²) in [5.41, 5.74) is 0.805. The number of nitrogens with zero attached hydrogens (tertiary/aromatic N) is 1. The van der Waals surface area contributed by atoms with E-state index in [2.05, 4.69) is 10.3 Å². The molecule has 0 aromatic carbocycles. The van der Waals surface area contributed by atoms with Crippen LogP contribution in [0.15, 0.2) is 24.5 Å². The summed E-state index contributed by atoms with van der Waals surface area (Å²) in [5, 5.41) is 3.29. The second kappa shape index (κ2) is 6.63. The maximum Gasteiger partial charge on any atom is 0.327 e. The predicted octanol–water partition coefficient (Wildman–Crippen LogP) is 1.45. The molecule has 5 nitrogen and oxygen atoms in total. The smallest absolute Gasteiger partial charge is 0.327 e. The van der Waals surface area contributed by atoms with Gasteiger partial charge in [-0.3, -0.25) is 10.3 Å². The molecule has 19 heavy (non-hydrogen) atoms. The molecule has 1 aromatic heterocycles. The van der Waals surface area contributed by atoms with Crippen molar-refractivity contribution in [3.63, 3.8) is 0 Å². The molecule has 0 saturated carbocycles. The van der Waals surface area contributed by atoms with Crippen LogP contribution < -0.4 is 5.32 Å². The lowest BCUT2D eigenvalue weighted by molar-refractivity contribution is -0.143. The monoisotopic (exact) mass is 264 g/mol. The minimum atomic E-state index is -0.502. The second-order valence-electron chi connectivity index (χ2n) is 4.75. The zero-order valence-corrected chi connectivity index (χ0v) is 11.3. The molecule has 1 aliphatic heterocycles. The highest BCUT2D eigenvalue weighted by molar-refractivity contribution is 5.77. The summed E-state index contributed by atoms with van der Waals surface area (Å²) in [6, 6.07) is 3.26. The topological polar surface area (TPSA) is 60.5 Å². The fourth-order valence-electron chi connectivity index (χ4n) is 2.33. The van der Waals surface area contributed by atoms with E-state index < -0.39 is 6.04 Å². The van der Waals surface area contributed by atoms with Crippen molar-refractivity contribution in [2.75, 3.05) is 13.7 Å². The standard InChI is InChI=1S/C14H20N2O3/c1-10(12-6-4-8-19-12)16-13(14(17)18-2)11-5-3-7-15-9-11/h3,5,7,9-10,12-13,16H,4,6,8H2,1-2H3/t10-,12+,13+/m0/s1. The first-order chi connectivity index (χ1) is 9.22. The molecule has 0 unspecified atom stereocenters. The summed E-state index contributed by atoms with van der Waals surface area (Å²) in [6.45, 7) is 2.83. The van der Waals surface area contributed by atoms with Crippen molar-refractivity contribution in [2.45, 2.75) is 38.0 Å². The second-order valence-corrected chi connectivity index (χ2v) is 4.75. The average molecular weight is 264 g/mol. The Bertz CT molecular complexity index is 404. The number of pyridine rings is 1. The largest absolute Gasteiger partial charge is 0.468 e. The fourth-order valence-corrected chi connectivity index (χ4v) is 2.33. The molecule has 0 spiro atoms. The Balaban J connectivity index is 2.08. The lowest BCUT2D eigenvalue weighted by Gasteiger charge is -2.25. The Labute approximate surface area is 113 Å². The molecule has 104 valence electrons. The van der Waals surface area contributed by atoms with E-state index in [-0.39, 0.29) is 18.1 Å². The van der Waals surface area contributed by atoms with Crippen LogP contribution in [0, 0.1) is 0 Å². The van der Waals surface area contributed by atoms with E-state index in [1.54, 1.807) is 12.4 Å². The zero-order valence-electron chi connectivity index (χ0n) is 11.3. The number of hydrogen-bond acceptors (Lipinski definition) is 5.